The van der Waals surface area contributed by atoms with Crippen LogP contribution in [0.5, 0.6) is 0 Å². The van der Waals surface area contributed by atoms with E-state index < -0.39 is 0 Å². The van der Waals surface area contributed by atoms with Crippen molar-refractivity contribution in [3.63, 3.8) is 0 Å². The molecule has 2 heterocycles. The highest BCUT2D eigenvalue weighted by Crippen LogP contribution is 2.19. The maximum absolute atomic E-state index is 13.9. The summed E-state index contributed by atoms with van der Waals surface area (Å²) in [5, 5.41) is 11.8. The van der Waals surface area contributed by atoms with E-state index in [9.17, 15) is 4.39 Å². The number of rotatable bonds is 6. The number of aryl methyl sites for hydroxylation is 1. The zero-order valence-electron chi connectivity index (χ0n) is 17.1. The molecule has 0 bridgehead atoms. The zero-order valence-corrected chi connectivity index (χ0v) is 20.2. The first kappa shape index (κ1) is 23.9. The van der Waals surface area contributed by atoms with E-state index in [4.69, 9.17) is 11.6 Å². The van der Waals surface area contributed by atoms with E-state index in [-0.39, 0.29) is 35.8 Å². The smallest absolute Gasteiger partial charge is 0.191 e. The van der Waals surface area contributed by atoms with E-state index in [0.717, 1.165) is 43.5 Å². The Hall–Kier alpha value is -1.42. The van der Waals surface area contributed by atoms with Crippen molar-refractivity contribution in [2.24, 2.45) is 4.99 Å². The van der Waals surface area contributed by atoms with Gasteiger partial charge < -0.3 is 10.6 Å². The van der Waals surface area contributed by atoms with Gasteiger partial charge in [-0.1, -0.05) is 31.5 Å². The largest absolute Gasteiger partial charge is 0.357 e. The average molecular weight is 535 g/mol. The van der Waals surface area contributed by atoms with Crippen LogP contribution in [0.1, 0.15) is 50.3 Å². The summed E-state index contributed by atoms with van der Waals surface area (Å²) in [5.41, 5.74) is 0.509. The molecule has 1 unspecified atom stereocenters. The molecule has 9 heteroatoms. The molecule has 0 amide bonds. The molecule has 0 saturated heterocycles. The summed E-state index contributed by atoms with van der Waals surface area (Å²) in [6.07, 6.45) is 2.32. The molecule has 0 aliphatic carbocycles. The fraction of sp³-hybridized carbons (Fsp3) is 0.550. The standard InChI is InChI=1S/C20H28ClFN6.HI/c1-4-23-20(24-11-10-15-16(21)6-5-7-17(15)22)25-14-8-9-18-26-19(13(2)3)27-28(18)12-14;/h5-7,13-14H,4,8-12H2,1-3H3,(H2,23,24,25);1H. The van der Waals surface area contributed by atoms with E-state index in [1.807, 2.05) is 11.6 Å². The second kappa shape index (κ2) is 11.1. The fourth-order valence-corrected chi connectivity index (χ4v) is 3.51. The molecular formula is C20H29ClFIN6. The monoisotopic (exact) mass is 534 g/mol. The van der Waals surface area contributed by atoms with Gasteiger partial charge in [0.15, 0.2) is 11.8 Å². The van der Waals surface area contributed by atoms with Gasteiger partial charge in [0.05, 0.1) is 6.54 Å². The minimum absolute atomic E-state index is 0. The minimum Gasteiger partial charge on any atom is -0.357 e. The molecule has 2 N–H and O–H groups in total. The van der Waals surface area contributed by atoms with Crippen LogP contribution in [0.15, 0.2) is 23.2 Å². The fourth-order valence-electron chi connectivity index (χ4n) is 3.25. The van der Waals surface area contributed by atoms with Crippen LogP contribution >= 0.6 is 35.6 Å². The predicted molar refractivity (Wildman–Crippen MR) is 126 cm³/mol. The Morgan fingerprint density at radius 2 is 2.21 bits per heavy atom. The van der Waals surface area contributed by atoms with Crippen LogP contribution in [0, 0.1) is 5.82 Å². The molecule has 1 aliphatic heterocycles. The Labute approximate surface area is 193 Å². The number of hydrogen-bond acceptors (Lipinski definition) is 3. The van der Waals surface area contributed by atoms with E-state index in [1.165, 1.54) is 6.07 Å². The Balaban J connectivity index is 0.00000300. The Morgan fingerprint density at radius 1 is 1.41 bits per heavy atom. The molecule has 160 valence electrons. The molecule has 1 aromatic carbocycles. The lowest BCUT2D eigenvalue weighted by Gasteiger charge is -2.25. The van der Waals surface area contributed by atoms with Crippen molar-refractivity contribution < 1.29 is 4.39 Å². The number of halogens is 3. The van der Waals surface area contributed by atoms with Crippen LogP contribution in [-0.2, 0) is 19.4 Å². The highest BCUT2D eigenvalue weighted by molar-refractivity contribution is 14.0. The summed E-state index contributed by atoms with van der Waals surface area (Å²) >= 11 is 6.10. The van der Waals surface area contributed by atoms with Crippen LogP contribution in [0.3, 0.4) is 0 Å². The molecule has 3 rings (SSSR count). The van der Waals surface area contributed by atoms with Gasteiger partial charge in [-0.15, -0.1) is 24.0 Å². The number of aliphatic imine (C=N–C) groups is 1. The lowest BCUT2D eigenvalue weighted by Crippen LogP contribution is -2.47. The van der Waals surface area contributed by atoms with Crippen molar-refractivity contribution in [3.8, 4) is 0 Å². The predicted octanol–water partition coefficient (Wildman–Crippen LogP) is 3.92. The number of guanidine groups is 1. The first-order valence-electron chi connectivity index (χ1n) is 9.89. The SMILES string of the molecule is CCNC(=NCCc1c(F)cccc1Cl)NC1CCc2nc(C(C)C)nn2C1.I. The van der Waals surface area contributed by atoms with Gasteiger partial charge >= 0.3 is 0 Å². The summed E-state index contributed by atoms with van der Waals surface area (Å²) in [6.45, 7) is 8.21. The number of benzene rings is 1. The van der Waals surface area contributed by atoms with Gasteiger partial charge in [0.2, 0.25) is 0 Å². The van der Waals surface area contributed by atoms with Gasteiger partial charge in [0, 0.05) is 42.1 Å². The lowest BCUT2D eigenvalue weighted by molar-refractivity contribution is 0.391. The van der Waals surface area contributed by atoms with Gasteiger partial charge in [-0.05, 0) is 31.9 Å². The third-order valence-electron chi connectivity index (χ3n) is 4.77. The van der Waals surface area contributed by atoms with Gasteiger partial charge in [-0.3, -0.25) is 4.99 Å². The summed E-state index contributed by atoms with van der Waals surface area (Å²) < 4.78 is 15.9. The Bertz CT molecular complexity index is 818. The quantitative estimate of drug-likeness (QED) is 0.335. The molecule has 1 aromatic heterocycles. The first-order chi connectivity index (χ1) is 13.5. The van der Waals surface area contributed by atoms with Gasteiger partial charge in [0.25, 0.3) is 0 Å². The van der Waals surface area contributed by atoms with Gasteiger partial charge in [-0.25, -0.2) is 14.1 Å². The molecule has 1 atom stereocenters. The van der Waals surface area contributed by atoms with Crippen molar-refractivity contribution in [1.82, 2.24) is 25.4 Å². The molecule has 0 radical (unpaired) electrons. The highest BCUT2D eigenvalue weighted by Gasteiger charge is 2.23. The normalized spacial score (nSPS) is 16.3. The Morgan fingerprint density at radius 3 is 2.90 bits per heavy atom. The second-order valence-electron chi connectivity index (χ2n) is 7.31. The summed E-state index contributed by atoms with van der Waals surface area (Å²) in [4.78, 5) is 9.23. The van der Waals surface area contributed by atoms with Crippen molar-refractivity contribution >= 4 is 41.5 Å². The van der Waals surface area contributed by atoms with E-state index in [0.29, 0.717) is 29.5 Å². The molecule has 2 aromatic rings. The summed E-state index contributed by atoms with van der Waals surface area (Å²) in [5.74, 6) is 2.73. The van der Waals surface area contributed by atoms with Crippen LogP contribution in [0.25, 0.3) is 0 Å². The van der Waals surface area contributed by atoms with Crippen LogP contribution in [0.2, 0.25) is 5.02 Å². The molecule has 0 fully saturated rings. The number of nitrogens with zero attached hydrogens (tertiary/aromatic N) is 4. The third kappa shape index (κ3) is 6.28. The molecule has 0 saturated carbocycles. The van der Waals surface area contributed by atoms with Crippen LogP contribution in [-0.4, -0.2) is 39.9 Å². The van der Waals surface area contributed by atoms with Crippen molar-refractivity contribution in [3.05, 3.63) is 46.3 Å². The van der Waals surface area contributed by atoms with Crippen molar-refractivity contribution in [2.75, 3.05) is 13.1 Å². The first-order valence-corrected chi connectivity index (χ1v) is 10.3. The number of aromatic nitrogens is 3. The maximum Gasteiger partial charge on any atom is 0.191 e. The summed E-state index contributed by atoms with van der Waals surface area (Å²) in [6, 6.07) is 4.97. The Kier molecular flexibility index (Phi) is 9.13. The highest BCUT2D eigenvalue weighted by atomic mass is 127. The molecule has 6 nitrogen and oxygen atoms in total. The third-order valence-corrected chi connectivity index (χ3v) is 5.12. The number of nitrogens with one attached hydrogen (secondary N) is 2. The van der Waals surface area contributed by atoms with Gasteiger partial charge in [0.1, 0.15) is 11.6 Å². The van der Waals surface area contributed by atoms with E-state index >= 15 is 0 Å². The average Bonchev–Trinajstić information content (AvgIpc) is 3.08. The zero-order chi connectivity index (χ0) is 20.1. The van der Waals surface area contributed by atoms with Crippen LogP contribution in [0.4, 0.5) is 4.39 Å². The van der Waals surface area contributed by atoms with E-state index in [2.05, 4.69) is 39.6 Å². The van der Waals surface area contributed by atoms with Crippen molar-refractivity contribution in [1.29, 1.82) is 0 Å². The van der Waals surface area contributed by atoms with E-state index in [1.54, 1.807) is 12.1 Å². The summed E-state index contributed by atoms with van der Waals surface area (Å²) in [7, 11) is 0. The van der Waals surface area contributed by atoms with Gasteiger partial charge in [-0.2, -0.15) is 5.10 Å². The number of fused-ring (bicyclic) bond motifs is 1. The lowest BCUT2D eigenvalue weighted by atomic mass is 10.1. The molecule has 0 spiro atoms. The van der Waals surface area contributed by atoms with Crippen LogP contribution < -0.4 is 10.6 Å². The molecule has 1 aliphatic rings. The second-order valence-corrected chi connectivity index (χ2v) is 7.72. The topological polar surface area (TPSA) is 67.1 Å². The molecule has 29 heavy (non-hydrogen) atoms. The maximum atomic E-state index is 13.9. The molecular weight excluding hydrogens is 506 g/mol. The number of hydrogen-bond donors (Lipinski definition) is 2. The van der Waals surface area contributed by atoms with Crippen molar-refractivity contribution in [2.45, 2.75) is 58.5 Å². The minimum atomic E-state index is -0.285.